The fourth-order valence-electron chi connectivity index (χ4n) is 0.268. The molecule has 1 atom stereocenters. The maximum absolute atomic E-state index is 10.4. The molecular weight excluding hydrogens is 169 g/mol. The third-order valence-electron chi connectivity index (χ3n) is 0.597. The summed E-state index contributed by atoms with van der Waals surface area (Å²) in [7, 11) is -0.344. The monoisotopic (exact) mass is 181 g/mol. The quantitative estimate of drug-likeness (QED) is 0.446. The molecule has 0 aromatic heterocycles. The highest BCUT2D eigenvalue weighted by atomic mass is 31.1. The van der Waals surface area contributed by atoms with Gasteiger partial charge in [-0.2, -0.15) is 0 Å². The second kappa shape index (κ2) is 6.22. The number of Topliss-reactive ketones (excluding diaryl/α,β-unsaturated/α-hetero) is 1. The number of primary amides is 1. The summed E-state index contributed by atoms with van der Waals surface area (Å²) in [6.07, 6.45) is 0. The molecule has 11 heavy (non-hydrogen) atoms. The molecule has 1 unspecified atom stereocenters. The standard InChI is InChI=1S/C5H10NO4P/c1-4(7)2-9-11-10-3-5(6)8/h11H,2-3H2,1H3,(H2,6,8)/i/hT. The van der Waals surface area contributed by atoms with Gasteiger partial charge in [-0.3, -0.25) is 9.59 Å². The van der Waals surface area contributed by atoms with E-state index in [-0.39, 0.29) is 28.0 Å². The van der Waals surface area contributed by atoms with Crippen molar-refractivity contribution in [3.63, 3.8) is 0 Å². The molecule has 6 heteroatoms. The van der Waals surface area contributed by atoms with Crippen LogP contribution in [0, 0.1) is 0 Å². The highest BCUT2D eigenvalue weighted by molar-refractivity contribution is 7.26. The van der Waals surface area contributed by atoms with Gasteiger partial charge < -0.3 is 14.8 Å². The Kier molecular flexibility index (Phi) is 4.85. The van der Waals surface area contributed by atoms with Gasteiger partial charge in [-0.1, -0.05) is 0 Å². The molecule has 0 heterocycles. The molecule has 5 nitrogen and oxygen atoms in total. The number of amides is 1. The van der Waals surface area contributed by atoms with E-state index in [9.17, 15) is 9.59 Å². The minimum Gasteiger partial charge on any atom is -0.368 e. The first-order valence-corrected chi connectivity index (χ1v) is 3.67. The Morgan fingerprint density at radius 3 is 2.73 bits per heavy atom. The van der Waals surface area contributed by atoms with E-state index in [1.54, 1.807) is 5.73 Å². The van der Waals surface area contributed by atoms with Crippen molar-refractivity contribution in [2.75, 3.05) is 13.2 Å². The molecule has 0 fully saturated rings. The molecule has 0 aromatic carbocycles. The van der Waals surface area contributed by atoms with Crippen LogP contribution >= 0.6 is 9.03 Å². The zero-order valence-corrected chi connectivity index (χ0v) is 7.05. The minimum absolute atomic E-state index is 0.0130. The number of nitrogens with two attached hydrogens (primary N) is 1. The highest BCUT2D eigenvalue weighted by Crippen LogP contribution is 2.11. The van der Waals surface area contributed by atoms with Crippen molar-refractivity contribution in [3.8, 4) is 0 Å². The van der Waals surface area contributed by atoms with Gasteiger partial charge in [0.2, 0.25) is 5.91 Å². The summed E-state index contributed by atoms with van der Waals surface area (Å²) in [6, 6.07) is 0. The van der Waals surface area contributed by atoms with Crippen LogP contribution in [-0.2, 0) is 18.6 Å². The number of rotatable bonds is 6. The Balaban J connectivity index is 3.11. The van der Waals surface area contributed by atoms with Crippen LogP contribution in [-0.4, -0.2) is 24.9 Å². The predicted molar refractivity (Wildman–Crippen MR) is 40.1 cm³/mol. The van der Waals surface area contributed by atoms with Crippen LogP contribution in [0.5, 0.6) is 0 Å². The second-order valence-electron chi connectivity index (χ2n) is 1.79. The van der Waals surface area contributed by atoms with E-state index < -0.39 is 5.91 Å². The van der Waals surface area contributed by atoms with E-state index in [0.29, 0.717) is 0 Å². The normalized spacial score (nSPS) is 11.5. The predicted octanol–water partition coefficient (Wildman–Crippen LogP) is -0.398. The summed E-state index contributed by atoms with van der Waals surface area (Å²) in [6.45, 7) is 1.15. The summed E-state index contributed by atoms with van der Waals surface area (Å²) in [5.74, 6) is -0.648. The van der Waals surface area contributed by atoms with Crippen LogP contribution in [0.2, 0.25) is 1.41 Å². The van der Waals surface area contributed by atoms with Crippen LogP contribution in [0.4, 0.5) is 0 Å². The second-order valence-corrected chi connectivity index (χ2v) is 2.53. The summed E-state index contributed by atoms with van der Waals surface area (Å²) in [5.41, 5.74) is 1.63. The molecule has 0 aliphatic heterocycles. The fourth-order valence-corrected chi connectivity index (χ4v) is 0.803. The lowest BCUT2D eigenvalue weighted by Crippen LogP contribution is -2.15. The zero-order valence-electron chi connectivity index (χ0n) is 7.05. The number of carbonyl (C=O) groups is 2. The third-order valence-corrected chi connectivity index (χ3v) is 1.12. The van der Waals surface area contributed by atoms with Crippen LogP contribution in [0.1, 0.15) is 6.92 Å². The molecule has 0 radical (unpaired) electrons. The molecule has 64 valence electrons. The Labute approximate surface area is 67.6 Å². The van der Waals surface area contributed by atoms with Crippen LogP contribution in [0.25, 0.3) is 0 Å². The van der Waals surface area contributed by atoms with E-state index in [1.165, 1.54) is 6.92 Å². The lowest BCUT2D eigenvalue weighted by atomic mass is 10.5. The Bertz CT molecular complexity index is 166. The van der Waals surface area contributed by atoms with Gasteiger partial charge in [0.15, 0.2) is 16.2 Å². The van der Waals surface area contributed by atoms with Gasteiger partial charge in [0.05, 0.1) is 0 Å². The van der Waals surface area contributed by atoms with E-state index in [2.05, 4.69) is 4.52 Å². The molecule has 0 saturated carbocycles. The maximum Gasteiger partial charge on any atom is 0.243 e. The molecule has 0 bridgehead atoms. The SMILES string of the molecule is [3H]NC(=O)COPOCC(C)=O. The molecule has 2 N–H and O–H groups in total. The topological polar surface area (TPSA) is 78.6 Å². The number of ketones is 1. The summed E-state index contributed by atoms with van der Waals surface area (Å²) in [5, 5.41) is 0. The minimum atomic E-state index is -0.547. The smallest absolute Gasteiger partial charge is 0.243 e. The van der Waals surface area contributed by atoms with Gasteiger partial charge >= 0.3 is 0 Å². The summed E-state index contributed by atoms with van der Waals surface area (Å²) >= 11 is 0. The summed E-state index contributed by atoms with van der Waals surface area (Å²) < 4.78 is 15.7. The van der Waals surface area contributed by atoms with Gasteiger partial charge in [-0.25, -0.2) is 0 Å². The van der Waals surface area contributed by atoms with Gasteiger partial charge in [-0.15, -0.1) is 0 Å². The Hall–Kier alpha value is -0.510. The third kappa shape index (κ3) is 9.49. The lowest BCUT2D eigenvalue weighted by Gasteiger charge is -1.99. The van der Waals surface area contributed by atoms with Crippen molar-refractivity contribution in [3.05, 3.63) is 0 Å². The molecule has 0 spiro atoms. The van der Waals surface area contributed by atoms with Crippen LogP contribution in [0.3, 0.4) is 0 Å². The Morgan fingerprint density at radius 2 is 2.18 bits per heavy atom. The van der Waals surface area contributed by atoms with E-state index in [0.717, 1.165) is 0 Å². The van der Waals surface area contributed by atoms with Crippen molar-refractivity contribution in [1.29, 1.82) is 0 Å². The van der Waals surface area contributed by atoms with Crippen molar-refractivity contribution in [1.82, 2.24) is 0 Å². The largest absolute Gasteiger partial charge is 0.368 e. The highest BCUT2D eigenvalue weighted by Gasteiger charge is 1.95. The van der Waals surface area contributed by atoms with Gasteiger partial charge in [0.25, 0.3) is 0 Å². The lowest BCUT2D eigenvalue weighted by molar-refractivity contribution is -0.119. The van der Waals surface area contributed by atoms with Gasteiger partial charge in [-0.05, 0) is 6.92 Å². The van der Waals surface area contributed by atoms with Crippen molar-refractivity contribution < 1.29 is 20.0 Å². The molecule has 0 aliphatic rings. The van der Waals surface area contributed by atoms with Crippen molar-refractivity contribution in [2.45, 2.75) is 6.92 Å². The maximum atomic E-state index is 10.4. The Morgan fingerprint density at radius 1 is 1.55 bits per heavy atom. The van der Waals surface area contributed by atoms with E-state index >= 15 is 0 Å². The summed E-state index contributed by atoms with van der Waals surface area (Å²) in [4.78, 5) is 20.7. The zero-order chi connectivity index (χ0) is 9.40. The first kappa shape index (κ1) is 8.59. The molecular formula is C5H10NO4P. The molecule has 0 saturated heterocycles. The van der Waals surface area contributed by atoms with Crippen molar-refractivity contribution in [2.24, 2.45) is 5.73 Å². The van der Waals surface area contributed by atoms with Gasteiger partial charge in [0.1, 0.15) is 13.2 Å². The van der Waals surface area contributed by atoms with E-state index in [4.69, 9.17) is 5.94 Å². The van der Waals surface area contributed by atoms with E-state index in [1.807, 2.05) is 0 Å². The number of carbonyl (C=O) groups excluding carboxylic acids is 2. The molecule has 0 aromatic rings. The van der Waals surface area contributed by atoms with Crippen LogP contribution in [0.15, 0.2) is 0 Å². The molecule has 0 aliphatic carbocycles. The first-order valence-electron chi connectivity index (χ1n) is 3.35. The molecule has 0 rings (SSSR count). The first-order chi connectivity index (χ1) is 5.66. The fraction of sp³-hybridized carbons (Fsp3) is 0.600. The number of hydrogen-bond acceptors (Lipinski definition) is 4. The average molecular weight is 181 g/mol. The average Bonchev–Trinajstić information content (AvgIpc) is 2.03. The number of hydrogen-bond donors (Lipinski definition) is 1. The molecule has 1 amide bonds. The van der Waals surface area contributed by atoms with Crippen LogP contribution < -0.4 is 5.73 Å². The van der Waals surface area contributed by atoms with Gasteiger partial charge in [0, 0.05) is 0 Å². The van der Waals surface area contributed by atoms with Crippen molar-refractivity contribution >= 4 is 20.7 Å².